The van der Waals surface area contributed by atoms with Gasteiger partial charge in [-0.25, -0.2) is 0 Å². The number of rotatable bonds is 4. The van der Waals surface area contributed by atoms with Crippen molar-refractivity contribution in [3.05, 3.63) is 57.6 Å². The van der Waals surface area contributed by atoms with Crippen molar-refractivity contribution >= 4 is 52.5 Å². The molecule has 1 N–H and O–H groups in total. The van der Waals surface area contributed by atoms with Crippen LogP contribution < -0.4 is 19.7 Å². The van der Waals surface area contributed by atoms with E-state index in [4.69, 9.17) is 33.3 Å². The number of carbonyl (C=O) groups excluding carboxylic acids is 2. The summed E-state index contributed by atoms with van der Waals surface area (Å²) in [6, 6.07) is 8.63. The summed E-state index contributed by atoms with van der Waals surface area (Å²) >= 11 is 11.4. The van der Waals surface area contributed by atoms with Crippen molar-refractivity contribution in [1.82, 2.24) is 5.32 Å². The van der Waals surface area contributed by atoms with E-state index < -0.39 is 11.8 Å². The second-order valence-corrected chi connectivity index (χ2v) is 7.15. The van der Waals surface area contributed by atoms with Crippen molar-refractivity contribution in [2.24, 2.45) is 0 Å². The highest BCUT2D eigenvalue weighted by atomic mass is 35.5. The maximum atomic E-state index is 13.2. The summed E-state index contributed by atoms with van der Waals surface area (Å²) < 4.78 is 10.8. The summed E-state index contributed by atoms with van der Waals surface area (Å²) in [5.74, 6) is 0.0305. The number of hydrogen-bond acceptors (Lipinski definition) is 5. The van der Waals surface area contributed by atoms with Crippen molar-refractivity contribution in [2.45, 2.75) is 13.8 Å². The Morgan fingerprint density at radius 2 is 1.79 bits per heavy atom. The molecule has 6 nitrogen and oxygen atoms in total. The lowest BCUT2D eigenvalue weighted by Gasteiger charge is -2.30. The Labute approximate surface area is 179 Å². The zero-order valence-corrected chi connectivity index (χ0v) is 17.9. The molecule has 3 rings (SSSR count). The van der Waals surface area contributed by atoms with E-state index in [-0.39, 0.29) is 10.7 Å². The summed E-state index contributed by atoms with van der Waals surface area (Å²) in [5.41, 5.74) is 2.45. The fourth-order valence-electron chi connectivity index (χ4n) is 3.17. The van der Waals surface area contributed by atoms with Crippen LogP contribution in [0.5, 0.6) is 11.5 Å². The van der Waals surface area contributed by atoms with E-state index in [9.17, 15) is 9.59 Å². The van der Waals surface area contributed by atoms with Crippen molar-refractivity contribution < 1.29 is 19.1 Å². The summed E-state index contributed by atoms with van der Waals surface area (Å²) in [5, 5.41) is 3.06. The van der Waals surface area contributed by atoms with Crippen LogP contribution in [0.15, 0.2) is 35.9 Å². The van der Waals surface area contributed by atoms with Crippen LogP contribution in [0, 0.1) is 13.8 Å². The maximum absolute atomic E-state index is 13.2. The molecule has 1 aliphatic rings. The standard InChI is InChI=1S/C21H19ClN2O4S/c1-11-15(22)6-5-7-16(11)24-20(26)14(19(25)23-21(24)29)10-13-8-9-17(27-3)12(2)18(13)28-4/h5-10H,1-4H3,(H,23,25,29)/b14-10+. The van der Waals surface area contributed by atoms with Gasteiger partial charge in [-0.2, -0.15) is 0 Å². The second kappa shape index (κ2) is 8.23. The largest absolute Gasteiger partial charge is 0.496 e. The zero-order chi connectivity index (χ0) is 21.3. The van der Waals surface area contributed by atoms with Crippen LogP contribution in [-0.2, 0) is 9.59 Å². The Balaban J connectivity index is 2.12. The van der Waals surface area contributed by atoms with Gasteiger partial charge >= 0.3 is 0 Å². The molecule has 29 heavy (non-hydrogen) atoms. The Kier molecular flexibility index (Phi) is 5.91. The summed E-state index contributed by atoms with van der Waals surface area (Å²) in [7, 11) is 3.08. The third kappa shape index (κ3) is 3.71. The topological polar surface area (TPSA) is 67.9 Å². The highest BCUT2D eigenvalue weighted by Crippen LogP contribution is 2.34. The van der Waals surface area contributed by atoms with Crippen molar-refractivity contribution in [3.8, 4) is 11.5 Å². The predicted molar refractivity (Wildman–Crippen MR) is 117 cm³/mol. The second-order valence-electron chi connectivity index (χ2n) is 6.36. The molecule has 2 aromatic rings. The molecule has 1 heterocycles. The van der Waals surface area contributed by atoms with E-state index in [1.165, 1.54) is 18.1 Å². The molecule has 0 spiro atoms. The van der Waals surface area contributed by atoms with Crippen LogP contribution in [0.25, 0.3) is 6.08 Å². The molecule has 150 valence electrons. The Hall–Kier alpha value is -2.90. The Morgan fingerprint density at radius 3 is 2.45 bits per heavy atom. The van der Waals surface area contributed by atoms with Gasteiger partial charge in [-0.05, 0) is 62.0 Å². The van der Waals surface area contributed by atoms with Gasteiger partial charge in [-0.1, -0.05) is 17.7 Å². The highest BCUT2D eigenvalue weighted by molar-refractivity contribution is 7.80. The fraction of sp³-hybridized carbons (Fsp3) is 0.190. The van der Waals surface area contributed by atoms with Gasteiger partial charge in [0.2, 0.25) is 0 Å². The number of benzene rings is 2. The first kappa shape index (κ1) is 20.8. The molecule has 1 fully saturated rings. The van der Waals surface area contributed by atoms with E-state index in [0.29, 0.717) is 33.3 Å². The number of hydrogen-bond donors (Lipinski definition) is 1. The van der Waals surface area contributed by atoms with Gasteiger partial charge in [0.05, 0.1) is 19.9 Å². The number of anilines is 1. The van der Waals surface area contributed by atoms with Crippen molar-refractivity contribution in [1.29, 1.82) is 0 Å². The number of nitrogens with one attached hydrogen (secondary N) is 1. The Bertz CT molecular complexity index is 1060. The molecule has 2 amide bonds. The van der Waals surface area contributed by atoms with Gasteiger partial charge in [0.15, 0.2) is 5.11 Å². The van der Waals surface area contributed by atoms with Gasteiger partial charge in [0, 0.05) is 16.1 Å². The lowest BCUT2D eigenvalue weighted by atomic mass is 10.0. The van der Waals surface area contributed by atoms with E-state index >= 15 is 0 Å². The van der Waals surface area contributed by atoms with Crippen molar-refractivity contribution in [2.75, 3.05) is 19.1 Å². The molecule has 2 aromatic carbocycles. The molecule has 8 heteroatoms. The average molecular weight is 431 g/mol. The van der Waals surface area contributed by atoms with Gasteiger partial charge in [-0.3, -0.25) is 19.8 Å². The van der Waals surface area contributed by atoms with Gasteiger partial charge < -0.3 is 9.47 Å². The normalized spacial score (nSPS) is 15.6. The zero-order valence-electron chi connectivity index (χ0n) is 16.3. The van der Waals surface area contributed by atoms with Crippen LogP contribution in [0.2, 0.25) is 5.02 Å². The number of nitrogens with zero attached hydrogens (tertiary/aromatic N) is 1. The highest BCUT2D eigenvalue weighted by Gasteiger charge is 2.35. The van der Waals surface area contributed by atoms with Gasteiger partial charge in [0.25, 0.3) is 11.8 Å². The molecule has 1 aliphatic heterocycles. The first-order chi connectivity index (χ1) is 13.8. The molecule has 0 bridgehead atoms. The lowest BCUT2D eigenvalue weighted by molar-refractivity contribution is -0.122. The van der Waals surface area contributed by atoms with Crippen LogP contribution >= 0.6 is 23.8 Å². The maximum Gasteiger partial charge on any atom is 0.270 e. The van der Waals surface area contributed by atoms with Crippen molar-refractivity contribution in [3.63, 3.8) is 0 Å². The number of methoxy groups -OCH3 is 2. The van der Waals surface area contributed by atoms with Crippen LogP contribution in [0.1, 0.15) is 16.7 Å². The van der Waals surface area contributed by atoms with Crippen LogP contribution in [0.4, 0.5) is 5.69 Å². The average Bonchev–Trinajstić information content (AvgIpc) is 2.68. The summed E-state index contributed by atoms with van der Waals surface area (Å²) in [6.45, 7) is 3.61. The van der Waals surface area contributed by atoms with E-state index in [0.717, 1.165) is 5.56 Å². The summed E-state index contributed by atoms with van der Waals surface area (Å²) in [4.78, 5) is 27.0. The quantitative estimate of drug-likeness (QED) is 0.454. The van der Waals surface area contributed by atoms with E-state index in [2.05, 4.69) is 5.32 Å². The lowest BCUT2D eigenvalue weighted by Crippen LogP contribution is -2.54. The van der Waals surface area contributed by atoms with E-state index in [1.807, 2.05) is 6.92 Å². The smallest absolute Gasteiger partial charge is 0.270 e. The van der Waals surface area contributed by atoms with Gasteiger partial charge in [0.1, 0.15) is 17.1 Å². The minimum absolute atomic E-state index is 0.000364. The monoisotopic (exact) mass is 430 g/mol. The SMILES string of the molecule is COc1ccc(/C=C2\C(=O)NC(=S)N(c3cccc(Cl)c3C)C2=O)c(OC)c1C. The fourth-order valence-corrected chi connectivity index (χ4v) is 3.61. The third-order valence-electron chi connectivity index (χ3n) is 4.69. The molecule has 0 aliphatic carbocycles. The van der Waals surface area contributed by atoms with Crippen LogP contribution in [-0.4, -0.2) is 31.1 Å². The first-order valence-electron chi connectivity index (χ1n) is 8.68. The minimum Gasteiger partial charge on any atom is -0.496 e. The molecular formula is C21H19ClN2O4S. The van der Waals surface area contributed by atoms with E-state index in [1.54, 1.807) is 44.4 Å². The molecule has 0 aromatic heterocycles. The minimum atomic E-state index is -0.577. The first-order valence-corrected chi connectivity index (χ1v) is 9.47. The molecule has 0 radical (unpaired) electrons. The molecule has 1 saturated heterocycles. The molecular weight excluding hydrogens is 412 g/mol. The van der Waals surface area contributed by atoms with Crippen LogP contribution in [0.3, 0.4) is 0 Å². The third-order valence-corrected chi connectivity index (χ3v) is 5.39. The number of ether oxygens (including phenoxy) is 2. The Morgan fingerprint density at radius 1 is 1.07 bits per heavy atom. The number of thiocarbonyl (C=S) groups is 1. The number of carbonyl (C=O) groups is 2. The molecule has 0 atom stereocenters. The molecule has 0 unspecified atom stereocenters. The number of amides is 2. The van der Waals surface area contributed by atoms with Gasteiger partial charge in [-0.15, -0.1) is 0 Å². The molecule has 0 saturated carbocycles. The number of halogens is 1. The summed E-state index contributed by atoms with van der Waals surface area (Å²) in [6.07, 6.45) is 1.48. The predicted octanol–water partition coefficient (Wildman–Crippen LogP) is 3.81.